The van der Waals surface area contributed by atoms with E-state index < -0.39 is 6.04 Å². The Morgan fingerprint density at radius 2 is 2.31 bits per heavy atom. The minimum absolute atomic E-state index is 0.368. The molecule has 2 rings (SSSR count). The van der Waals surface area contributed by atoms with Gasteiger partial charge in [-0.1, -0.05) is 11.6 Å². The molecule has 1 aromatic rings. The second-order valence-electron chi connectivity index (χ2n) is 3.59. The van der Waals surface area contributed by atoms with E-state index in [0.717, 1.165) is 26.2 Å². The van der Waals surface area contributed by atoms with Crippen LogP contribution in [0.4, 0.5) is 0 Å². The van der Waals surface area contributed by atoms with E-state index >= 15 is 0 Å². The van der Waals surface area contributed by atoms with Crippen LogP contribution in [-0.2, 0) is 4.79 Å². The van der Waals surface area contributed by atoms with E-state index in [1.54, 1.807) is 6.20 Å². The number of nitrogens with zero attached hydrogens (tertiary/aromatic N) is 2. The van der Waals surface area contributed by atoms with Crippen LogP contribution >= 0.6 is 22.9 Å². The summed E-state index contributed by atoms with van der Waals surface area (Å²) in [7, 11) is 0. The van der Waals surface area contributed by atoms with Gasteiger partial charge < -0.3 is 11.1 Å². The Hall–Kier alpha value is -0.690. The van der Waals surface area contributed by atoms with Gasteiger partial charge in [0.2, 0.25) is 5.91 Å². The Morgan fingerprint density at radius 1 is 1.62 bits per heavy atom. The fourth-order valence-corrected chi connectivity index (χ4v) is 2.86. The normalized spacial score (nSPS) is 19.6. The quantitative estimate of drug-likeness (QED) is 0.816. The van der Waals surface area contributed by atoms with E-state index in [9.17, 15) is 4.79 Å². The Labute approximate surface area is 103 Å². The average molecular weight is 261 g/mol. The molecule has 0 aromatic carbocycles. The van der Waals surface area contributed by atoms with Gasteiger partial charge in [0.25, 0.3) is 0 Å². The molecule has 0 radical (unpaired) electrons. The highest BCUT2D eigenvalue weighted by Crippen LogP contribution is 2.27. The second kappa shape index (κ2) is 5.09. The number of nitrogens with one attached hydrogen (secondary N) is 1. The molecule has 1 aliphatic heterocycles. The molecule has 0 bridgehead atoms. The molecule has 7 heteroatoms. The number of carbonyl (C=O) groups excluding carboxylic acids is 1. The number of hydrogen-bond donors (Lipinski definition) is 2. The highest BCUT2D eigenvalue weighted by molar-refractivity contribution is 7.16. The van der Waals surface area contributed by atoms with Crippen LogP contribution in [0.15, 0.2) is 6.20 Å². The van der Waals surface area contributed by atoms with E-state index in [4.69, 9.17) is 17.3 Å². The van der Waals surface area contributed by atoms with Crippen molar-refractivity contribution in [2.45, 2.75) is 6.04 Å². The van der Waals surface area contributed by atoms with Crippen molar-refractivity contribution >= 4 is 28.8 Å². The lowest BCUT2D eigenvalue weighted by molar-refractivity contribution is -0.123. The van der Waals surface area contributed by atoms with Gasteiger partial charge in [0.15, 0.2) is 0 Å². The maximum atomic E-state index is 11.5. The van der Waals surface area contributed by atoms with E-state index in [1.165, 1.54) is 11.3 Å². The fourth-order valence-electron chi connectivity index (χ4n) is 1.79. The molecule has 1 aliphatic rings. The summed E-state index contributed by atoms with van der Waals surface area (Å²) in [5.74, 6) is -0.368. The van der Waals surface area contributed by atoms with Gasteiger partial charge in [-0.05, 0) is 0 Å². The molecular weight excluding hydrogens is 248 g/mol. The molecule has 5 nitrogen and oxygen atoms in total. The molecule has 1 atom stereocenters. The third-order valence-corrected chi connectivity index (χ3v) is 3.68. The van der Waals surface area contributed by atoms with Gasteiger partial charge in [-0.25, -0.2) is 4.98 Å². The monoisotopic (exact) mass is 260 g/mol. The summed E-state index contributed by atoms with van der Waals surface area (Å²) >= 11 is 7.13. The van der Waals surface area contributed by atoms with Gasteiger partial charge >= 0.3 is 0 Å². The van der Waals surface area contributed by atoms with Crippen LogP contribution < -0.4 is 11.1 Å². The lowest BCUT2D eigenvalue weighted by atomic mass is 10.2. The average Bonchev–Trinajstić information content (AvgIpc) is 2.66. The third kappa shape index (κ3) is 2.52. The first-order valence-corrected chi connectivity index (χ1v) is 6.23. The van der Waals surface area contributed by atoms with Crippen molar-refractivity contribution in [2.24, 2.45) is 5.73 Å². The van der Waals surface area contributed by atoms with Crippen LogP contribution in [0.25, 0.3) is 0 Å². The van der Waals surface area contributed by atoms with Crippen LogP contribution in [0, 0.1) is 0 Å². The molecule has 2 heterocycles. The molecule has 0 aliphatic carbocycles. The minimum atomic E-state index is -0.445. The van der Waals surface area contributed by atoms with E-state index in [1.807, 2.05) is 4.90 Å². The van der Waals surface area contributed by atoms with Gasteiger partial charge in [0.1, 0.15) is 15.4 Å². The highest BCUT2D eigenvalue weighted by Gasteiger charge is 2.29. The molecular formula is C9H13ClN4OS. The van der Waals surface area contributed by atoms with Crippen LogP contribution in [0.5, 0.6) is 0 Å². The Morgan fingerprint density at radius 3 is 2.81 bits per heavy atom. The molecule has 16 heavy (non-hydrogen) atoms. The number of amides is 1. The van der Waals surface area contributed by atoms with Crippen molar-refractivity contribution in [1.82, 2.24) is 15.2 Å². The lowest BCUT2D eigenvalue weighted by Crippen LogP contribution is -2.48. The summed E-state index contributed by atoms with van der Waals surface area (Å²) in [5, 5.41) is 3.91. The molecule has 0 spiro atoms. The zero-order chi connectivity index (χ0) is 11.5. The van der Waals surface area contributed by atoms with Gasteiger partial charge in [-0.3, -0.25) is 9.69 Å². The number of carbonyl (C=O) groups is 1. The van der Waals surface area contributed by atoms with E-state index in [2.05, 4.69) is 10.3 Å². The predicted molar refractivity (Wildman–Crippen MR) is 63.5 cm³/mol. The zero-order valence-electron chi connectivity index (χ0n) is 8.65. The molecule has 3 N–H and O–H groups in total. The summed E-state index contributed by atoms with van der Waals surface area (Å²) < 4.78 is 0.580. The standard InChI is InChI=1S/C9H13ClN4OS/c10-6-5-13-9(16-6)7(8(11)15)14-3-1-12-2-4-14/h5,7,12H,1-4H2,(H2,11,15). The number of thiazole rings is 1. The van der Waals surface area contributed by atoms with E-state index in [-0.39, 0.29) is 5.91 Å². The predicted octanol–water partition coefficient (Wildman–Crippen LogP) is 0.228. The number of aromatic nitrogens is 1. The number of nitrogens with two attached hydrogens (primary N) is 1. The first kappa shape index (κ1) is 11.8. The summed E-state index contributed by atoms with van der Waals surface area (Å²) in [6.07, 6.45) is 1.56. The largest absolute Gasteiger partial charge is 0.368 e. The van der Waals surface area contributed by atoms with Gasteiger partial charge in [0.05, 0.1) is 6.20 Å². The van der Waals surface area contributed by atoms with Crippen molar-refractivity contribution in [3.05, 3.63) is 15.5 Å². The lowest BCUT2D eigenvalue weighted by Gasteiger charge is -2.31. The van der Waals surface area contributed by atoms with Gasteiger partial charge in [-0.15, -0.1) is 11.3 Å². The summed E-state index contributed by atoms with van der Waals surface area (Å²) in [5.41, 5.74) is 5.43. The Balaban J connectivity index is 2.19. The van der Waals surface area contributed by atoms with Crippen LogP contribution in [0.1, 0.15) is 11.0 Å². The summed E-state index contributed by atoms with van der Waals surface area (Å²) in [6.45, 7) is 3.32. The smallest absolute Gasteiger partial charge is 0.241 e. The van der Waals surface area contributed by atoms with Crippen molar-refractivity contribution in [1.29, 1.82) is 0 Å². The van der Waals surface area contributed by atoms with Gasteiger partial charge in [0, 0.05) is 26.2 Å². The molecule has 1 aromatic heterocycles. The van der Waals surface area contributed by atoms with E-state index in [0.29, 0.717) is 9.34 Å². The Kier molecular flexibility index (Phi) is 3.75. The molecule has 88 valence electrons. The number of piperazine rings is 1. The molecule has 1 saturated heterocycles. The first-order valence-electron chi connectivity index (χ1n) is 5.04. The van der Waals surface area contributed by atoms with Crippen molar-refractivity contribution in [2.75, 3.05) is 26.2 Å². The maximum Gasteiger partial charge on any atom is 0.241 e. The summed E-state index contributed by atoms with van der Waals surface area (Å²) in [6, 6.07) is -0.445. The van der Waals surface area contributed by atoms with Crippen LogP contribution in [0.3, 0.4) is 0 Å². The maximum absolute atomic E-state index is 11.5. The number of primary amides is 1. The van der Waals surface area contributed by atoms with Crippen LogP contribution in [-0.4, -0.2) is 42.0 Å². The number of hydrogen-bond acceptors (Lipinski definition) is 5. The summed E-state index contributed by atoms with van der Waals surface area (Å²) in [4.78, 5) is 17.7. The van der Waals surface area contributed by atoms with Crippen molar-refractivity contribution in [3.63, 3.8) is 0 Å². The SMILES string of the molecule is NC(=O)C(c1ncc(Cl)s1)N1CCNCC1. The van der Waals surface area contributed by atoms with Gasteiger partial charge in [-0.2, -0.15) is 0 Å². The molecule has 1 amide bonds. The first-order chi connectivity index (χ1) is 7.68. The topological polar surface area (TPSA) is 71.2 Å². The second-order valence-corrected chi connectivity index (χ2v) is 5.29. The minimum Gasteiger partial charge on any atom is -0.368 e. The number of halogens is 1. The van der Waals surface area contributed by atoms with Crippen LogP contribution in [0.2, 0.25) is 4.34 Å². The number of rotatable bonds is 3. The molecule has 0 saturated carbocycles. The third-order valence-electron chi connectivity index (χ3n) is 2.52. The highest BCUT2D eigenvalue weighted by atomic mass is 35.5. The zero-order valence-corrected chi connectivity index (χ0v) is 10.2. The Bertz CT molecular complexity index is 377. The fraction of sp³-hybridized carbons (Fsp3) is 0.556. The van der Waals surface area contributed by atoms with Crippen molar-refractivity contribution < 1.29 is 4.79 Å². The molecule has 1 unspecified atom stereocenters. The molecule has 1 fully saturated rings. The van der Waals surface area contributed by atoms with Crippen molar-refractivity contribution in [3.8, 4) is 0 Å².